The van der Waals surface area contributed by atoms with Crippen LogP contribution in [0.4, 0.5) is 5.82 Å². The van der Waals surface area contributed by atoms with E-state index in [1.165, 1.54) is 11.1 Å². The number of aromatic nitrogens is 5. The van der Waals surface area contributed by atoms with Crippen LogP contribution in [-0.2, 0) is 13.1 Å². The molecular weight excluding hydrogens is 300 g/mol. The van der Waals surface area contributed by atoms with Gasteiger partial charge in [-0.15, -0.1) is 0 Å². The highest BCUT2D eigenvalue weighted by atomic mass is 15.3. The van der Waals surface area contributed by atoms with Gasteiger partial charge in [-0.25, -0.2) is 14.6 Å². The van der Waals surface area contributed by atoms with Crippen LogP contribution in [0.2, 0.25) is 0 Å². The Kier molecular flexibility index (Phi) is 3.85. The minimum atomic E-state index is 0.705. The first-order chi connectivity index (χ1) is 11.9. The van der Waals surface area contributed by atoms with Crippen molar-refractivity contribution in [1.82, 2.24) is 24.7 Å². The first-order valence-corrected chi connectivity index (χ1v) is 7.73. The summed E-state index contributed by atoms with van der Waals surface area (Å²) >= 11 is 0. The summed E-state index contributed by atoms with van der Waals surface area (Å²) in [5, 5.41) is 7.43. The molecule has 1 N–H and O–H groups in total. The van der Waals surface area contributed by atoms with Crippen LogP contribution in [-0.4, -0.2) is 24.7 Å². The molecule has 4 rings (SSSR count). The van der Waals surface area contributed by atoms with E-state index in [0.29, 0.717) is 6.54 Å². The molecule has 0 spiro atoms. The maximum Gasteiger partial charge on any atom is 0.145 e. The van der Waals surface area contributed by atoms with Crippen LogP contribution in [0.5, 0.6) is 0 Å². The second-order valence-electron chi connectivity index (χ2n) is 5.51. The Labute approximate surface area is 139 Å². The van der Waals surface area contributed by atoms with Crippen molar-refractivity contribution in [3.63, 3.8) is 0 Å². The Morgan fingerprint density at radius 1 is 0.917 bits per heavy atom. The highest BCUT2D eigenvalue weighted by Gasteiger charge is 2.00. The van der Waals surface area contributed by atoms with E-state index in [2.05, 4.69) is 49.6 Å². The van der Waals surface area contributed by atoms with Crippen LogP contribution in [0.3, 0.4) is 0 Å². The van der Waals surface area contributed by atoms with Gasteiger partial charge in [0.2, 0.25) is 0 Å². The third kappa shape index (κ3) is 3.22. The SMILES string of the molecule is c1ccc2nc(NCc3ccc(Cn4cncn4)cc3)cnc2c1. The Bertz CT molecular complexity index is 931. The normalized spacial score (nSPS) is 10.8. The zero-order valence-corrected chi connectivity index (χ0v) is 13.0. The van der Waals surface area contributed by atoms with Crippen LogP contribution in [0.25, 0.3) is 11.0 Å². The number of nitrogens with one attached hydrogen (secondary N) is 1. The molecule has 0 unspecified atom stereocenters. The minimum absolute atomic E-state index is 0.705. The summed E-state index contributed by atoms with van der Waals surface area (Å²) in [7, 11) is 0. The van der Waals surface area contributed by atoms with E-state index in [4.69, 9.17) is 0 Å². The van der Waals surface area contributed by atoms with E-state index in [9.17, 15) is 0 Å². The number of fused-ring (bicyclic) bond motifs is 1. The van der Waals surface area contributed by atoms with Crippen molar-refractivity contribution < 1.29 is 0 Å². The number of para-hydroxylation sites is 2. The minimum Gasteiger partial charge on any atom is -0.365 e. The van der Waals surface area contributed by atoms with Crippen molar-refractivity contribution in [3.8, 4) is 0 Å². The van der Waals surface area contributed by atoms with Crippen LogP contribution in [0, 0.1) is 0 Å². The Morgan fingerprint density at radius 2 is 1.71 bits per heavy atom. The highest BCUT2D eigenvalue weighted by molar-refractivity contribution is 5.75. The van der Waals surface area contributed by atoms with Gasteiger partial charge in [-0.3, -0.25) is 4.98 Å². The van der Waals surface area contributed by atoms with Crippen LogP contribution >= 0.6 is 0 Å². The third-order valence-corrected chi connectivity index (χ3v) is 3.76. The van der Waals surface area contributed by atoms with E-state index in [1.54, 1.807) is 23.5 Å². The lowest BCUT2D eigenvalue weighted by molar-refractivity contribution is 0.684. The molecule has 0 atom stereocenters. The molecule has 0 saturated heterocycles. The Morgan fingerprint density at radius 3 is 2.50 bits per heavy atom. The van der Waals surface area contributed by atoms with E-state index in [-0.39, 0.29) is 0 Å². The lowest BCUT2D eigenvalue weighted by Crippen LogP contribution is -2.03. The van der Waals surface area contributed by atoms with Gasteiger partial charge >= 0.3 is 0 Å². The van der Waals surface area contributed by atoms with Crippen molar-refractivity contribution in [2.45, 2.75) is 13.1 Å². The van der Waals surface area contributed by atoms with E-state index >= 15 is 0 Å². The molecule has 0 fully saturated rings. The Balaban J connectivity index is 1.41. The van der Waals surface area contributed by atoms with Gasteiger partial charge in [-0.05, 0) is 23.3 Å². The lowest BCUT2D eigenvalue weighted by Gasteiger charge is -2.07. The molecule has 0 aliphatic rings. The molecule has 24 heavy (non-hydrogen) atoms. The smallest absolute Gasteiger partial charge is 0.145 e. The van der Waals surface area contributed by atoms with Crippen molar-refractivity contribution in [3.05, 3.63) is 78.5 Å². The third-order valence-electron chi connectivity index (χ3n) is 3.76. The molecule has 6 nitrogen and oxygen atoms in total. The monoisotopic (exact) mass is 316 g/mol. The fraction of sp³-hybridized carbons (Fsp3) is 0.111. The summed E-state index contributed by atoms with van der Waals surface area (Å²) in [6.45, 7) is 1.43. The summed E-state index contributed by atoms with van der Waals surface area (Å²) in [5.74, 6) is 0.778. The highest BCUT2D eigenvalue weighted by Crippen LogP contribution is 2.13. The summed E-state index contributed by atoms with van der Waals surface area (Å²) in [6.07, 6.45) is 5.03. The van der Waals surface area contributed by atoms with Crippen molar-refractivity contribution in [2.24, 2.45) is 0 Å². The number of anilines is 1. The van der Waals surface area contributed by atoms with E-state index in [1.807, 2.05) is 24.3 Å². The van der Waals surface area contributed by atoms with E-state index in [0.717, 1.165) is 23.4 Å². The van der Waals surface area contributed by atoms with Gasteiger partial charge in [0, 0.05) is 6.54 Å². The average molecular weight is 316 g/mol. The number of nitrogens with zero attached hydrogens (tertiary/aromatic N) is 5. The van der Waals surface area contributed by atoms with Gasteiger partial charge in [0.15, 0.2) is 0 Å². The van der Waals surface area contributed by atoms with Gasteiger partial charge in [-0.2, -0.15) is 5.10 Å². The number of rotatable bonds is 5. The number of hydrogen-bond acceptors (Lipinski definition) is 5. The molecule has 2 aromatic carbocycles. The fourth-order valence-corrected chi connectivity index (χ4v) is 2.50. The second-order valence-corrected chi connectivity index (χ2v) is 5.51. The first-order valence-electron chi connectivity index (χ1n) is 7.73. The standard InChI is InChI=1S/C18H16N6/c1-2-4-17-16(3-1)20-10-18(23-17)21-9-14-5-7-15(8-6-14)11-24-13-19-12-22-24/h1-8,10,12-13H,9,11H2,(H,21,23). The van der Waals surface area contributed by atoms with Crippen molar-refractivity contribution in [2.75, 3.05) is 5.32 Å². The molecule has 4 aromatic rings. The molecule has 0 bridgehead atoms. The van der Waals surface area contributed by atoms with Crippen LogP contribution < -0.4 is 5.32 Å². The molecular formula is C18H16N6. The Hall–Kier alpha value is -3.28. The molecule has 6 heteroatoms. The fourth-order valence-electron chi connectivity index (χ4n) is 2.50. The van der Waals surface area contributed by atoms with Gasteiger partial charge in [0.05, 0.1) is 23.8 Å². The van der Waals surface area contributed by atoms with E-state index < -0.39 is 0 Å². The topological polar surface area (TPSA) is 68.5 Å². The summed E-state index contributed by atoms with van der Waals surface area (Å²) < 4.78 is 1.80. The molecule has 2 heterocycles. The predicted molar refractivity (Wildman–Crippen MR) is 92.4 cm³/mol. The number of benzene rings is 2. The second kappa shape index (κ2) is 6.45. The molecule has 2 aromatic heterocycles. The van der Waals surface area contributed by atoms with Gasteiger partial charge < -0.3 is 5.32 Å². The first kappa shape index (κ1) is 14.3. The largest absolute Gasteiger partial charge is 0.365 e. The zero-order chi connectivity index (χ0) is 16.2. The molecule has 118 valence electrons. The average Bonchev–Trinajstić information content (AvgIpc) is 3.14. The lowest BCUT2D eigenvalue weighted by atomic mass is 10.1. The molecule has 0 saturated carbocycles. The summed E-state index contributed by atoms with van der Waals surface area (Å²) in [4.78, 5) is 12.9. The van der Waals surface area contributed by atoms with Gasteiger partial charge in [0.25, 0.3) is 0 Å². The van der Waals surface area contributed by atoms with Crippen LogP contribution in [0.15, 0.2) is 67.4 Å². The quantitative estimate of drug-likeness (QED) is 0.613. The predicted octanol–water partition coefficient (Wildman–Crippen LogP) is 2.88. The molecule has 0 aliphatic carbocycles. The van der Waals surface area contributed by atoms with Crippen LogP contribution in [0.1, 0.15) is 11.1 Å². The molecule has 0 radical (unpaired) electrons. The molecule has 0 aliphatic heterocycles. The molecule has 0 amide bonds. The van der Waals surface area contributed by atoms with Gasteiger partial charge in [-0.1, -0.05) is 36.4 Å². The van der Waals surface area contributed by atoms with Crippen molar-refractivity contribution >= 4 is 16.9 Å². The van der Waals surface area contributed by atoms with Crippen molar-refractivity contribution in [1.29, 1.82) is 0 Å². The summed E-state index contributed by atoms with van der Waals surface area (Å²) in [6, 6.07) is 16.3. The van der Waals surface area contributed by atoms with Gasteiger partial charge in [0.1, 0.15) is 18.5 Å². The maximum absolute atomic E-state index is 4.57. The maximum atomic E-state index is 4.57. The summed E-state index contributed by atoms with van der Waals surface area (Å²) in [5.41, 5.74) is 4.17. The number of hydrogen-bond donors (Lipinski definition) is 1. The zero-order valence-electron chi connectivity index (χ0n) is 13.0.